The fraction of sp³-hybridized carbons (Fsp3) is 0. The van der Waals surface area contributed by atoms with Gasteiger partial charge < -0.3 is 10.2 Å². The van der Waals surface area contributed by atoms with Crippen molar-refractivity contribution in [2.75, 3.05) is 10.2 Å². The molecule has 1 N–H and O–H groups in total. The van der Waals surface area contributed by atoms with Crippen LogP contribution in [0.25, 0.3) is 64.6 Å². The molecular formula is C60H43BrN2. The van der Waals surface area contributed by atoms with Gasteiger partial charge in [-0.3, -0.25) is 0 Å². The fourth-order valence-corrected chi connectivity index (χ4v) is 8.99. The van der Waals surface area contributed by atoms with Gasteiger partial charge >= 0.3 is 0 Å². The molecule has 0 atom stereocenters. The molecule has 0 bridgehead atoms. The summed E-state index contributed by atoms with van der Waals surface area (Å²) < 4.78 is 1.15. The van der Waals surface area contributed by atoms with E-state index in [1.54, 1.807) is 0 Å². The molecule has 0 aliphatic rings. The molecule has 0 radical (unpaired) electrons. The van der Waals surface area contributed by atoms with Gasteiger partial charge in [0.2, 0.25) is 0 Å². The van der Waals surface area contributed by atoms with Gasteiger partial charge in [-0.1, -0.05) is 186 Å². The van der Waals surface area contributed by atoms with Gasteiger partial charge in [0.15, 0.2) is 0 Å². The molecule has 300 valence electrons. The van der Waals surface area contributed by atoms with Crippen molar-refractivity contribution in [2.24, 2.45) is 0 Å². The third-order valence-corrected chi connectivity index (χ3v) is 12.2. The molecule has 0 spiro atoms. The molecule has 0 aromatic heterocycles. The zero-order valence-electron chi connectivity index (χ0n) is 34.6. The van der Waals surface area contributed by atoms with Crippen LogP contribution < -0.4 is 10.2 Å². The number of benzene rings is 12. The SMILES string of the molecule is Brc1cccc2cc3c(ccc4ccccc43)cc12.c1ccc(N(c2ccccc2)c2cccc3cc4c(ccc5ccccc54)cc23)cc1.c1ccc(Nc2ccccc2)cc1. The smallest absolute Gasteiger partial charge is 0.0540 e. The summed E-state index contributed by atoms with van der Waals surface area (Å²) in [4.78, 5) is 2.34. The molecule has 3 heteroatoms. The Bertz CT molecular complexity index is 3410. The first-order chi connectivity index (χ1) is 31.2. The Morgan fingerprint density at radius 1 is 0.270 bits per heavy atom. The molecule has 0 unspecified atom stereocenters. The Balaban J connectivity index is 0.000000125. The van der Waals surface area contributed by atoms with Gasteiger partial charge in [0, 0.05) is 32.6 Å². The van der Waals surface area contributed by atoms with Gasteiger partial charge in [-0.2, -0.15) is 0 Å². The summed E-state index contributed by atoms with van der Waals surface area (Å²) in [5.41, 5.74) is 5.73. The van der Waals surface area contributed by atoms with Crippen LogP contribution in [-0.4, -0.2) is 0 Å². The summed E-state index contributed by atoms with van der Waals surface area (Å²) in [5, 5.41) is 18.7. The van der Waals surface area contributed by atoms with E-state index in [0.29, 0.717) is 0 Å². The predicted molar refractivity (Wildman–Crippen MR) is 276 cm³/mol. The Morgan fingerprint density at radius 2 is 0.635 bits per heavy atom. The van der Waals surface area contributed by atoms with Crippen molar-refractivity contribution in [3.8, 4) is 0 Å². The van der Waals surface area contributed by atoms with Crippen LogP contribution in [-0.2, 0) is 0 Å². The lowest BCUT2D eigenvalue weighted by atomic mass is 9.97. The van der Waals surface area contributed by atoms with Crippen LogP contribution in [0.4, 0.5) is 28.4 Å². The first kappa shape index (κ1) is 39.4. The maximum Gasteiger partial charge on any atom is 0.0540 e. The number of hydrogen-bond acceptors (Lipinski definition) is 2. The summed E-state index contributed by atoms with van der Waals surface area (Å²) >= 11 is 3.63. The Hall–Kier alpha value is -7.72. The molecular weight excluding hydrogens is 829 g/mol. The van der Waals surface area contributed by atoms with Crippen LogP contribution in [0, 0.1) is 0 Å². The molecule has 12 aromatic carbocycles. The molecule has 12 aromatic rings. The maximum absolute atomic E-state index is 3.63. The molecule has 12 rings (SSSR count). The second kappa shape index (κ2) is 18.1. The van der Waals surface area contributed by atoms with E-state index in [0.717, 1.165) is 27.2 Å². The highest BCUT2D eigenvalue weighted by molar-refractivity contribution is 9.10. The quantitative estimate of drug-likeness (QED) is 0.137. The highest BCUT2D eigenvalue weighted by Gasteiger charge is 2.15. The molecule has 2 nitrogen and oxygen atoms in total. The van der Waals surface area contributed by atoms with Crippen LogP contribution in [0.3, 0.4) is 0 Å². The number of rotatable bonds is 5. The minimum Gasteiger partial charge on any atom is -0.356 e. The van der Waals surface area contributed by atoms with Crippen LogP contribution in [0.5, 0.6) is 0 Å². The Morgan fingerprint density at radius 3 is 1.16 bits per heavy atom. The highest BCUT2D eigenvalue weighted by atomic mass is 79.9. The number of fused-ring (bicyclic) bond motifs is 8. The number of hydrogen-bond donors (Lipinski definition) is 1. The standard InChI is InChI=1S/C30H21N.C18H11Br.C12H11N/c1-3-12-25(13-4-1)31(26-14-5-2-6-15-26)30-17-9-11-23-20-28-24(21-29(23)30)19-18-22-10-7-8-16-27(22)28;19-18-7-3-5-13-10-16-14(11-17(13)18)9-8-12-4-1-2-6-15(12)16;1-3-7-11(8-4-1)13-12-9-5-2-6-10-12/h1-21H;1-11H;1-10,13H. The lowest BCUT2D eigenvalue weighted by Gasteiger charge is -2.27. The van der Waals surface area contributed by atoms with Gasteiger partial charge in [-0.15, -0.1) is 0 Å². The first-order valence-corrected chi connectivity index (χ1v) is 22.1. The summed E-state index contributed by atoms with van der Waals surface area (Å²) in [6.45, 7) is 0. The zero-order chi connectivity index (χ0) is 42.4. The number of anilines is 5. The van der Waals surface area contributed by atoms with Crippen LogP contribution >= 0.6 is 15.9 Å². The third-order valence-electron chi connectivity index (χ3n) is 11.5. The van der Waals surface area contributed by atoms with Gasteiger partial charge in [0.05, 0.1) is 5.69 Å². The van der Waals surface area contributed by atoms with E-state index in [1.807, 2.05) is 60.7 Å². The highest BCUT2D eigenvalue weighted by Crippen LogP contribution is 2.41. The van der Waals surface area contributed by atoms with Crippen LogP contribution in [0.15, 0.2) is 259 Å². The predicted octanol–water partition coefficient (Wildman–Crippen LogP) is 18.0. The fourth-order valence-electron chi connectivity index (χ4n) is 8.49. The van der Waals surface area contributed by atoms with Crippen molar-refractivity contribution in [1.82, 2.24) is 0 Å². The van der Waals surface area contributed by atoms with Crippen molar-refractivity contribution in [2.45, 2.75) is 0 Å². The van der Waals surface area contributed by atoms with Gasteiger partial charge in [0.25, 0.3) is 0 Å². The molecule has 0 aliphatic carbocycles. The number of nitrogens with one attached hydrogen (secondary N) is 1. The Labute approximate surface area is 376 Å². The number of nitrogens with zero attached hydrogens (tertiary/aromatic N) is 1. The van der Waals surface area contributed by atoms with E-state index in [9.17, 15) is 0 Å². The monoisotopic (exact) mass is 870 g/mol. The molecule has 0 saturated carbocycles. The van der Waals surface area contributed by atoms with Crippen LogP contribution in [0.2, 0.25) is 0 Å². The number of para-hydroxylation sites is 4. The van der Waals surface area contributed by atoms with Crippen molar-refractivity contribution in [3.63, 3.8) is 0 Å². The van der Waals surface area contributed by atoms with Crippen LogP contribution in [0.1, 0.15) is 0 Å². The molecule has 0 fully saturated rings. The van der Waals surface area contributed by atoms with Gasteiger partial charge in [-0.05, 0) is 144 Å². The van der Waals surface area contributed by atoms with E-state index in [2.05, 4.69) is 220 Å². The van der Waals surface area contributed by atoms with Crippen molar-refractivity contribution in [1.29, 1.82) is 0 Å². The van der Waals surface area contributed by atoms with Crippen molar-refractivity contribution in [3.05, 3.63) is 259 Å². The normalized spacial score (nSPS) is 10.9. The summed E-state index contributed by atoms with van der Waals surface area (Å²) in [6, 6.07) is 89.7. The van der Waals surface area contributed by atoms with Crippen molar-refractivity contribution < 1.29 is 0 Å². The van der Waals surface area contributed by atoms with E-state index in [-0.39, 0.29) is 0 Å². The second-order valence-corrected chi connectivity index (χ2v) is 16.4. The van der Waals surface area contributed by atoms with E-state index >= 15 is 0 Å². The average molecular weight is 872 g/mol. The van der Waals surface area contributed by atoms with E-state index in [4.69, 9.17) is 0 Å². The molecule has 0 aliphatic heterocycles. The average Bonchev–Trinajstić information content (AvgIpc) is 3.35. The van der Waals surface area contributed by atoms with E-state index < -0.39 is 0 Å². The zero-order valence-corrected chi connectivity index (χ0v) is 36.2. The number of halogens is 1. The largest absolute Gasteiger partial charge is 0.356 e. The molecule has 0 amide bonds. The second-order valence-electron chi connectivity index (χ2n) is 15.5. The lowest BCUT2D eigenvalue weighted by Crippen LogP contribution is -2.10. The Kier molecular flexibility index (Phi) is 11.3. The summed E-state index contributed by atoms with van der Waals surface area (Å²) in [6.07, 6.45) is 0. The molecule has 0 heterocycles. The molecule has 63 heavy (non-hydrogen) atoms. The maximum atomic E-state index is 3.63. The molecule has 0 saturated heterocycles. The van der Waals surface area contributed by atoms with E-state index in [1.165, 1.54) is 70.3 Å². The van der Waals surface area contributed by atoms with Gasteiger partial charge in [0.1, 0.15) is 0 Å². The summed E-state index contributed by atoms with van der Waals surface area (Å²) in [7, 11) is 0. The van der Waals surface area contributed by atoms with Crippen molar-refractivity contribution >= 4 is 109 Å². The topological polar surface area (TPSA) is 15.3 Å². The minimum absolute atomic E-state index is 1.12. The summed E-state index contributed by atoms with van der Waals surface area (Å²) in [5.74, 6) is 0. The first-order valence-electron chi connectivity index (χ1n) is 21.3. The van der Waals surface area contributed by atoms with Gasteiger partial charge in [-0.25, -0.2) is 0 Å². The lowest BCUT2D eigenvalue weighted by molar-refractivity contribution is 1.30. The minimum atomic E-state index is 1.12. The third kappa shape index (κ3) is 8.48.